The second-order valence-corrected chi connectivity index (χ2v) is 5.98. The number of carbonyl (C=O) groups excluding carboxylic acids is 1. The number of carbonyl (C=O) groups is 1. The molecule has 0 aromatic rings. The van der Waals surface area contributed by atoms with E-state index in [1.54, 1.807) is 0 Å². The molecule has 1 heterocycles. The molecule has 0 saturated carbocycles. The average Bonchev–Trinajstić information content (AvgIpc) is 2.29. The van der Waals surface area contributed by atoms with Crippen LogP contribution in [-0.4, -0.2) is 43.5 Å². The first-order valence-corrected chi connectivity index (χ1v) is 6.56. The largest absolute Gasteiger partial charge is 0.355 e. The third-order valence-corrected chi connectivity index (χ3v) is 4.09. The van der Waals surface area contributed by atoms with Crippen molar-refractivity contribution in [2.75, 3.05) is 26.7 Å². The summed E-state index contributed by atoms with van der Waals surface area (Å²) in [5.41, 5.74) is 5.98. The van der Waals surface area contributed by atoms with Gasteiger partial charge in [0.15, 0.2) is 0 Å². The molecule has 100 valence electrons. The van der Waals surface area contributed by atoms with Crippen molar-refractivity contribution in [2.24, 2.45) is 17.1 Å². The molecule has 1 rings (SSSR count). The lowest BCUT2D eigenvalue weighted by Crippen LogP contribution is -2.46. The van der Waals surface area contributed by atoms with Gasteiger partial charge in [0, 0.05) is 18.5 Å². The molecule has 1 aliphatic heterocycles. The lowest BCUT2D eigenvalue weighted by Gasteiger charge is -2.38. The molecule has 4 nitrogen and oxygen atoms in total. The minimum absolute atomic E-state index is 0.0831. The zero-order valence-electron chi connectivity index (χ0n) is 11.6. The van der Waals surface area contributed by atoms with Crippen molar-refractivity contribution < 1.29 is 4.79 Å². The zero-order chi connectivity index (χ0) is 13.1. The highest BCUT2D eigenvalue weighted by molar-refractivity contribution is 5.78. The molecule has 0 bridgehead atoms. The van der Waals surface area contributed by atoms with Crippen LogP contribution in [0.25, 0.3) is 0 Å². The van der Waals surface area contributed by atoms with E-state index in [1.165, 1.54) is 0 Å². The van der Waals surface area contributed by atoms with Gasteiger partial charge in [0.2, 0.25) is 5.91 Å². The molecule has 0 radical (unpaired) electrons. The molecule has 0 aromatic heterocycles. The Morgan fingerprint density at radius 2 is 1.94 bits per heavy atom. The standard InChI is InChI=1S/C13H27N3O/c1-10(11(2)14)12(17)15-9-13(3)5-7-16(4)8-6-13/h10-11H,5-9,14H2,1-4H3,(H,15,17). The van der Waals surface area contributed by atoms with Gasteiger partial charge in [-0.15, -0.1) is 0 Å². The topological polar surface area (TPSA) is 58.4 Å². The molecule has 0 aromatic carbocycles. The van der Waals surface area contributed by atoms with Crippen LogP contribution in [0, 0.1) is 11.3 Å². The predicted molar refractivity (Wildman–Crippen MR) is 70.7 cm³/mol. The zero-order valence-corrected chi connectivity index (χ0v) is 11.6. The van der Waals surface area contributed by atoms with Crippen LogP contribution in [-0.2, 0) is 4.79 Å². The Hall–Kier alpha value is -0.610. The Balaban J connectivity index is 2.37. The van der Waals surface area contributed by atoms with E-state index in [-0.39, 0.29) is 23.3 Å². The monoisotopic (exact) mass is 241 g/mol. The van der Waals surface area contributed by atoms with E-state index in [4.69, 9.17) is 5.73 Å². The molecule has 2 unspecified atom stereocenters. The van der Waals surface area contributed by atoms with E-state index in [0.29, 0.717) is 0 Å². The number of hydrogen-bond acceptors (Lipinski definition) is 3. The number of piperidine rings is 1. The van der Waals surface area contributed by atoms with E-state index in [1.807, 2.05) is 13.8 Å². The molecule has 17 heavy (non-hydrogen) atoms. The predicted octanol–water partition coefficient (Wildman–Crippen LogP) is 0.818. The number of nitrogens with one attached hydrogen (secondary N) is 1. The van der Waals surface area contributed by atoms with E-state index in [9.17, 15) is 4.79 Å². The Morgan fingerprint density at radius 3 is 2.41 bits per heavy atom. The molecule has 0 aliphatic carbocycles. The second-order valence-electron chi connectivity index (χ2n) is 5.98. The van der Waals surface area contributed by atoms with E-state index < -0.39 is 0 Å². The molecule has 4 heteroatoms. The molecular formula is C13H27N3O. The summed E-state index contributed by atoms with van der Waals surface area (Å²) in [7, 11) is 2.15. The van der Waals surface area contributed by atoms with Crippen LogP contribution in [0.4, 0.5) is 0 Å². The molecule has 1 amide bonds. The fourth-order valence-corrected chi connectivity index (χ4v) is 2.04. The highest BCUT2D eigenvalue weighted by atomic mass is 16.1. The van der Waals surface area contributed by atoms with Gasteiger partial charge in [0.1, 0.15) is 0 Å². The normalized spacial score (nSPS) is 24.1. The number of rotatable bonds is 4. The molecular weight excluding hydrogens is 214 g/mol. The van der Waals surface area contributed by atoms with Gasteiger partial charge in [-0.3, -0.25) is 4.79 Å². The summed E-state index contributed by atoms with van der Waals surface area (Å²) >= 11 is 0. The van der Waals surface area contributed by atoms with Gasteiger partial charge in [-0.2, -0.15) is 0 Å². The number of likely N-dealkylation sites (tertiary alicyclic amines) is 1. The quantitative estimate of drug-likeness (QED) is 0.766. The fourth-order valence-electron chi connectivity index (χ4n) is 2.04. The lowest BCUT2D eigenvalue weighted by atomic mass is 9.80. The maximum Gasteiger partial charge on any atom is 0.224 e. The highest BCUT2D eigenvalue weighted by Gasteiger charge is 2.29. The number of amides is 1. The molecule has 2 atom stereocenters. The van der Waals surface area contributed by atoms with Crippen molar-refractivity contribution in [2.45, 2.75) is 39.7 Å². The van der Waals surface area contributed by atoms with Crippen molar-refractivity contribution in [1.82, 2.24) is 10.2 Å². The third-order valence-electron chi connectivity index (χ3n) is 4.09. The van der Waals surface area contributed by atoms with Gasteiger partial charge in [-0.05, 0) is 45.3 Å². The Morgan fingerprint density at radius 1 is 1.41 bits per heavy atom. The van der Waals surface area contributed by atoms with Gasteiger partial charge in [-0.1, -0.05) is 13.8 Å². The summed E-state index contributed by atoms with van der Waals surface area (Å²) in [5, 5.41) is 3.05. The van der Waals surface area contributed by atoms with Crippen LogP contribution in [0.5, 0.6) is 0 Å². The summed E-state index contributed by atoms with van der Waals surface area (Å²) < 4.78 is 0. The van der Waals surface area contributed by atoms with Crippen molar-refractivity contribution in [3.05, 3.63) is 0 Å². The fraction of sp³-hybridized carbons (Fsp3) is 0.923. The molecule has 1 aliphatic rings. The number of nitrogens with zero attached hydrogens (tertiary/aromatic N) is 1. The Labute approximate surface area is 105 Å². The first-order valence-electron chi connectivity index (χ1n) is 6.56. The minimum Gasteiger partial charge on any atom is -0.355 e. The van der Waals surface area contributed by atoms with Crippen LogP contribution in [0.1, 0.15) is 33.6 Å². The lowest BCUT2D eigenvalue weighted by molar-refractivity contribution is -0.125. The maximum absolute atomic E-state index is 11.8. The van der Waals surface area contributed by atoms with Crippen molar-refractivity contribution in [1.29, 1.82) is 0 Å². The van der Waals surface area contributed by atoms with Gasteiger partial charge in [0.25, 0.3) is 0 Å². The van der Waals surface area contributed by atoms with Crippen molar-refractivity contribution >= 4 is 5.91 Å². The first-order chi connectivity index (χ1) is 7.84. The Kier molecular flexibility index (Phi) is 4.95. The van der Waals surface area contributed by atoms with Crippen molar-refractivity contribution in [3.63, 3.8) is 0 Å². The SMILES string of the molecule is CC(N)C(C)C(=O)NCC1(C)CCN(C)CC1. The highest BCUT2D eigenvalue weighted by Crippen LogP contribution is 2.29. The van der Waals surface area contributed by atoms with Crippen LogP contribution in [0.2, 0.25) is 0 Å². The van der Waals surface area contributed by atoms with E-state index >= 15 is 0 Å². The summed E-state index contributed by atoms with van der Waals surface area (Å²) in [6.45, 7) is 9.04. The summed E-state index contributed by atoms with van der Waals surface area (Å²) in [6, 6.07) is -0.0831. The third kappa shape index (κ3) is 4.28. The van der Waals surface area contributed by atoms with Crippen LogP contribution < -0.4 is 11.1 Å². The van der Waals surface area contributed by atoms with Crippen LogP contribution in [0.15, 0.2) is 0 Å². The Bertz CT molecular complexity index is 257. The number of nitrogens with two attached hydrogens (primary N) is 1. The summed E-state index contributed by atoms with van der Waals surface area (Å²) in [4.78, 5) is 14.2. The van der Waals surface area contributed by atoms with E-state index in [2.05, 4.69) is 24.2 Å². The van der Waals surface area contributed by atoms with Gasteiger partial charge in [0.05, 0.1) is 0 Å². The van der Waals surface area contributed by atoms with Gasteiger partial charge >= 0.3 is 0 Å². The molecule has 3 N–H and O–H groups in total. The van der Waals surface area contributed by atoms with Gasteiger partial charge in [-0.25, -0.2) is 0 Å². The van der Waals surface area contributed by atoms with E-state index in [0.717, 1.165) is 32.5 Å². The first kappa shape index (κ1) is 14.5. The molecule has 0 spiro atoms. The smallest absolute Gasteiger partial charge is 0.224 e. The minimum atomic E-state index is -0.107. The number of hydrogen-bond donors (Lipinski definition) is 2. The second kappa shape index (κ2) is 5.83. The maximum atomic E-state index is 11.8. The van der Waals surface area contributed by atoms with Crippen molar-refractivity contribution in [3.8, 4) is 0 Å². The van der Waals surface area contributed by atoms with Crippen LogP contribution in [0.3, 0.4) is 0 Å². The van der Waals surface area contributed by atoms with Gasteiger partial charge < -0.3 is 16.0 Å². The molecule has 1 saturated heterocycles. The summed E-state index contributed by atoms with van der Waals surface area (Å²) in [6.07, 6.45) is 2.30. The molecule has 1 fully saturated rings. The average molecular weight is 241 g/mol. The van der Waals surface area contributed by atoms with Crippen LogP contribution >= 0.6 is 0 Å². The summed E-state index contributed by atoms with van der Waals surface area (Å²) in [5.74, 6) is -0.0231.